The van der Waals surface area contributed by atoms with E-state index in [9.17, 15) is 29.4 Å². The van der Waals surface area contributed by atoms with Gasteiger partial charge in [0.1, 0.15) is 0 Å². The van der Waals surface area contributed by atoms with Crippen molar-refractivity contribution in [3.8, 4) is 0 Å². The zero-order valence-electron chi connectivity index (χ0n) is 14.8. The SMILES string of the molecule is CC(CN1CCN(C(=O)O)CCN(C(=O)O)CC1)C(=O)CNCC(=O)O. The van der Waals surface area contributed by atoms with E-state index in [1.54, 1.807) is 6.92 Å². The van der Waals surface area contributed by atoms with E-state index in [-0.39, 0.29) is 45.1 Å². The van der Waals surface area contributed by atoms with Crippen LogP contribution in [0.15, 0.2) is 0 Å². The summed E-state index contributed by atoms with van der Waals surface area (Å²) in [6, 6.07) is 0. The third-order valence-corrected chi connectivity index (χ3v) is 4.21. The normalized spacial score (nSPS) is 17.7. The number of carboxylic acid groups (broad SMARTS) is 3. The molecule has 0 aliphatic carbocycles. The average molecular weight is 374 g/mol. The average Bonchev–Trinajstić information content (AvgIpc) is 2.65. The maximum absolute atomic E-state index is 12.1. The number of ketones is 1. The van der Waals surface area contributed by atoms with E-state index in [4.69, 9.17) is 5.11 Å². The van der Waals surface area contributed by atoms with Gasteiger partial charge in [-0.1, -0.05) is 6.92 Å². The number of rotatable bonds is 7. The molecule has 11 heteroatoms. The molecular formula is C15H26N4O7. The van der Waals surface area contributed by atoms with Gasteiger partial charge in [0, 0.05) is 51.7 Å². The Labute approximate surface area is 151 Å². The van der Waals surface area contributed by atoms with Crippen LogP contribution in [-0.2, 0) is 9.59 Å². The van der Waals surface area contributed by atoms with E-state index in [0.717, 1.165) is 9.80 Å². The van der Waals surface area contributed by atoms with Crippen molar-refractivity contribution in [2.45, 2.75) is 6.92 Å². The van der Waals surface area contributed by atoms with E-state index in [1.807, 2.05) is 4.90 Å². The van der Waals surface area contributed by atoms with Crippen molar-refractivity contribution in [1.29, 1.82) is 0 Å². The van der Waals surface area contributed by atoms with Crippen LogP contribution in [0.25, 0.3) is 0 Å². The molecule has 0 aromatic rings. The van der Waals surface area contributed by atoms with Crippen molar-refractivity contribution >= 4 is 23.9 Å². The molecule has 1 atom stereocenters. The highest BCUT2D eigenvalue weighted by atomic mass is 16.4. The zero-order chi connectivity index (χ0) is 19.7. The standard InChI is InChI=1S/C15H26N4O7/c1-11(12(20)8-16-9-13(21)22)10-17-2-4-18(14(23)24)6-7-19(5-3-17)15(25)26/h11,16H,2-10H2,1H3,(H,21,22)(H,23,24)(H,25,26). The van der Waals surface area contributed by atoms with E-state index in [0.29, 0.717) is 19.6 Å². The van der Waals surface area contributed by atoms with Crippen LogP contribution in [0.3, 0.4) is 0 Å². The number of hydrogen-bond donors (Lipinski definition) is 4. The molecule has 0 aromatic heterocycles. The molecule has 1 saturated heterocycles. The van der Waals surface area contributed by atoms with Crippen molar-refractivity contribution in [1.82, 2.24) is 20.0 Å². The third kappa shape index (κ3) is 7.66. The maximum Gasteiger partial charge on any atom is 0.407 e. The van der Waals surface area contributed by atoms with Gasteiger partial charge in [0.2, 0.25) is 0 Å². The molecule has 1 unspecified atom stereocenters. The Bertz CT molecular complexity index is 502. The first-order valence-electron chi connectivity index (χ1n) is 8.34. The molecule has 1 fully saturated rings. The Balaban J connectivity index is 2.64. The second kappa shape index (κ2) is 10.6. The highest BCUT2D eigenvalue weighted by molar-refractivity contribution is 5.83. The zero-order valence-corrected chi connectivity index (χ0v) is 14.8. The lowest BCUT2D eigenvalue weighted by molar-refractivity contribution is -0.136. The second-order valence-corrected chi connectivity index (χ2v) is 6.20. The maximum atomic E-state index is 12.1. The third-order valence-electron chi connectivity index (χ3n) is 4.21. The molecular weight excluding hydrogens is 348 g/mol. The van der Waals surface area contributed by atoms with Gasteiger partial charge >= 0.3 is 18.2 Å². The van der Waals surface area contributed by atoms with Gasteiger partial charge in [0.25, 0.3) is 0 Å². The number of carbonyl (C=O) groups excluding carboxylic acids is 1. The first kappa shape index (κ1) is 21.6. The molecule has 0 radical (unpaired) electrons. The van der Waals surface area contributed by atoms with E-state index < -0.39 is 24.1 Å². The predicted octanol–water partition coefficient (Wildman–Crippen LogP) is -0.859. The number of carbonyl (C=O) groups is 4. The van der Waals surface area contributed by atoms with Crippen molar-refractivity contribution in [2.24, 2.45) is 5.92 Å². The van der Waals surface area contributed by atoms with Crippen LogP contribution < -0.4 is 5.32 Å². The number of amides is 2. The van der Waals surface area contributed by atoms with Gasteiger partial charge < -0.3 is 30.4 Å². The smallest absolute Gasteiger partial charge is 0.407 e. The van der Waals surface area contributed by atoms with Gasteiger partial charge in [0.05, 0.1) is 13.1 Å². The molecule has 26 heavy (non-hydrogen) atoms. The summed E-state index contributed by atoms with van der Waals surface area (Å²) < 4.78 is 0. The molecule has 11 nitrogen and oxygen atoms in total. The quantitative estimate of drug-likeness (QED) is 0.446. The molecule has 1 aliphatic rings. The van der Waals surface area contributed by atoms with Crippen molar-refractivity contribution in [2.75, 3.05) is 58.9 Å². The van der Waals surface area contributed by atoms with Crippen molar-refractivity contribution < 1.29 is 34.5 Å². The lowest BCUT2D eigenvalue weighted by atomic mass is 10.1. The highest BCUT2D eigenvalue weighted by Gasteiger charge is 2.23. The van der Waals surface area contributed by atoms with E-state index in [2.05, 4.69) is 5.32 Å². The molecule has 4 N–H and O–H groups in total. The van der Waals surface area contributed by atoms with Crippen LogP contribution >= 0.6 is 0 Å². The number of nitrogens with zero attached hydrogens (tertiary/aromatic N) is 3. The molecule has 1 aliphatic heterocycles. The van der Waals surface area contributed by atoms with Gasteiger partial charge in [-0.05, 0) is 0 Å². The number of carboxylic acids is 1. The lowest BCUT2D eigenvalue weighted by Gasteiger charge is -2.26. The van der Waals surface area contributed by atoms with Gasteiger partial charge in [-0.15, -0.1) is 0 Å². The summed E-state index contributed by atoms with van der Waals surface area (Å²) in [6.45, 7) is 3.11. The summed E-state index contributed by atoms with van der Waals surface area (Å²) in [7, 11) is 0. The van der Waals surface area contributed by atoms with Gasteiger partial charge in [-0.3, -0.25) is 14.5 Å². The fourth-order valence-corrected chi connectivity index (χ4v) is 2.62. The minimum atomic E-state index is -1.11. The summed E-state index contributed by atoms with van der Waals surface area (Å²) in [5.74, 6) is -1.60. The molecule has 0 aromatic carbocycles. The number of nitrogens with one attached hydrogen (secondary N) is 1. The fraction of sp³-hybridized carbons (Fsp3) is 0.733. The van der Waals surface area contributed by atoms with Gasteiger partial charge in [0.15, 0.2) is 5.78 Å². The number of hydrogen-bond acceptors (Lipinski definition) is 6. The topological polar surface area (TPSA) is 151 Å². The van der Waals surface area contributed by atoms with E-state index >= 15 is 0 Å². The van der Waals surface area contributed by atoms with E-state index in [1.165, 1.54) is 0 Å². The van der Waals surface area contributed by atoms with Crippen LogP contribution in [0, 0.1) is 5.92 Å². The Hall–Kier alpha value is -2.40. The Morgan fingerprint density at radius 3 is 1.73 bits per heavy atom. The van der Waals surface area contributed by atoms with Crippen molar-refractivity contribution in [3.05, 3.63) is 0 Å². The predicted molar refractivity (Wildman–Crippen MR) is 90.3 cm³/mol. The molecule has 1 rings (SSSR count). The van der Waals surface area contributed by atoms with Gasteiger partial charge in [-0.25, -0.2) is 9.59 Å². The van der Waals surface area contributed by atoms with Crippen LogP contribution in [0.4, 0.5) is 9.59 Å². The van der Waals surface area contributed by atoms with Crippen LogP contribution in [0.2, 0.25) is 0 Å². The Morgan fingerprint density at radius 2 is 1.31 bits per heavy atom. The Morgan fingerprint density at radius 1 is 0.846 bits per heavy atom. The largest absolute Gasteiger partial charge is 0.480 e. The molecule has 0 saturated carbocycles. The highest BCUT2D eigenvalue weighted by Crippen LogP contribution is 2.06. The summed E-state index contributed by atoms with van der Waals surface area (Å²) in [6.07, 6.45) is -2.22. The Kier molecular flexibility index (Phi) is 8.79. The van der Waals surface area contributed by atoms with Crippen LogP contribution in [-0.4, -0.2) is 113 Å². The van der Waals surface area contributed by atoms with Crippen LogP contribution in [0.5, 0.6) is 0 Å². The second-order valence-electron chi connectivity index (χ2n) is 6.20. The molecule has 1 heterocycles. The number of Topliss-reactive ketones (excluding diaryl/α,β-unsaturated/α-hetero) is 1. The van der Waals surface area contributed by atoms with Gasteiger partial charge in [-0.2, -0.15) is 0 Å². The van der Waals surface area contributed by atoms with Crippen LogP contribution in [0.1, 0.15) is 6.92 Å². The van der Waals surface area contributed by atoms with Crippen molar-refractivity contribution in [3.63, 3.8) is 0 Å². The minimum Gasteiger partial charge on any atom is -0.480 e. The summed E-state index contributed by atoms with van der Waals surface area (Å²) in [4.78, 5) is 49.2. The monoisotopic (exact) mass is 374 g/mol. The fourth-order valence-electron chi connectivity index (χ4n) is 2.62. The lowest BCUT2D eigenvalue weighted by Crippen LogP contribution is -2.42. The first-order valence-corrected chi connectivity index (χ1v) is 8.34. The first-order chi connectivity index (χ1) is 12.2. The molecule has 2 amide bonds. The molecule has 148 valence electrons. The number of aliphatic carboxylic acids is 1. The summed E-state index contributed by atoms with van der Waals surface area (Å²) in [5, 5.41) is 29.5. The summed E-state index contributed by atoms with van der Waals surface area (Å²) in [5.41, 5.74) is 0. The molecule has 0 bridgehead atoms. The molecule has 0 spiro atoms. The summed E-state index contributed by atoms with van der Waals surface area (Å²) >= 11 is 0. The minimum absolute atomic E-state index is 0.0657.